The Morgan fingerprint density at radius 1 is 1.30 bits per heavy atom. The normalized spacial score (nSPS) is 27.1. The van der Waals surface area contributed by atoms with E-state index in [1.807, 2.05) is 31.6 Å². The summed E-state index contributed by atoms with van der Waals surface area (Å²) in [4.78, 5) is 11.2. The number of pyridine rings is 1. The first-order valence-electron chi connectivity index (χ1n) is 9.31. The van der Waals surface area contributed by atoms with Gasteiger partial charge >= 0.3 is 0 Å². The Kier molecular flexibility index (Phi) is 5.41. The third-order valence-electron chi connectivity index (χ3n) is 5.43. The van der Waals surface area contributed by atoms with Crippen LogP contribution in [0.2, 0.25) is 0 Å². The van der Waals surface area contributed by atoms with E-state index < -0.39 is 6.23 Å². The number of anilines is 2. The van der Waals surface area contributed by atoms with Gasteiger partial charge in [-0.3, -0.25) is 4.90 Å². The number of hydrogen-bond donors (Lipinski definition) is 2. The number of aliphatic hydroxyl groups is 1. The molecule has 3 aliphatic heterocycles. The average Bonchev–Trinajstić information content (AvgIpc) is 2.59. The molecule has 4 heterocycles. The Morgan fingerprint density at radius 2 is 2.11 bits per heavy atom. The molecule has 0 amide bonds. The Balaban J connectivity index is 1.40. The minimum absolute atomic E-state index is 0.442. The molecular weight excluding hydrogens is 410 g/mol. The van der Waals surface area contributed by atoms with Crippen LogP contribution in [0.15, 0.2) is 40.8 Å². The zero-order chi connectivity index (χ0) is 19.0. The second kappa shape index (κ2) is 7.79. The van der Waals surface area contributed by atoms with Crippen molar-refractivity contribution in [3.05, 3.63) is 40.8 Å². The summed E-state index contributed by atoms with van der Waals surface area (Å²) in [5.41, 5.74) is 1.82. The maximum atomic E-state index is 10.3. The molecule has 27 heavy (non-hydrogen) atoms. The van der Waals surface area contributed by atoms with Crippen LogP contribution in [0.4, 0.5) is 11.5 Å². The zero-order valence-corrected chi connectivity index (χ0v) is 17.3. The van der Waals surface area contributed by atoms with E-state index >= 15 is 0 Å². The molecule has 1 aromatic rings. The lowest BCUT2D eigenvalue weighted by molar-refractivity contribution is -0.0691. The standard InChI is InChI=1S/C19H26BrN5O2/c1-13-9-24(16-11-27-12-16)5-6-25(13)15-3-4-18(21-8-15)22-17-7-14(20)10-23(2)19(17)26/h3-4,7-8,10,13,16,19,26H,5-6,9,11-12H2,1-2H3,(H,21,22)/t13-,19?/m0/s1. The zero-order valence-electron chi connectivity index (χ0n) is 15.7. The first-order valence-corrected chi connectivity index (χ1v) is 10.1. The third kappa shape index (κ3) is 3.99. The van der Waals surface area contributed by atoms with E-state index in [0.29, 0.717) is 17.8 Å². The molecule has 2 atom stereocenters. The molecule has 2 N–H and O–H groups in total. The highest BCUT2D eigenvalue weighted by atomic mass is 79.9. The number of likely N-dealkylation sites (N-methyl/N-ethyl adjacent to an activating group) is 1. The molecule has 0 bridgehead atoms. The van der Waals surface area contributed by atoms with Gasteiger partial charge in [-0.1, -0.05) is 0 Å². The van der Waals surface area contributed by atoms with Crippen LogP contribution in [0.3, 0.4) is 0 Å². The first-order chi connectivity index (χ1) is 13.0. The molecule has 1 unspecified atom stereocenters. The second-order valence-corrected chi connectivity index (χ2v) is 8.32. The number of nitrogens with zero attached hydrogens (tertiary/aromatic N) is 4. The van der Waals surface area contributed by atoms with Crippen molar-refractivity contribution in [2.45, 2.75) is 25.2 Å². The van der Waals surface area contributed by atoms with Gasteiger partial charge in [0.15, 0.2) is 6.23 Å². The molecule has 146 valence electrons. The molecule has 8 heteroatoms. The van der Waals surface area contributed by atoms with E-state index in [1.54, 1.807) is 4.90 Å². The number of nitrogens with one attached hydrogen (secondary N) is 1. The van der Waals surface area contributed by atoms with Gasteiger partial charge in [0.1, 0.15) is 5.82 Å². The molecule has 0 aromatic carbocycles. The van der Waals surface area contributed by atoms with E-state index in [1.165, 1.54) is 0 Å². The summed E-state index contributed by atoms with van der Waals surface area (Å²) >= 11 is 3.46. The summed E-state index contributed by atoms with van der Waals surface area (Å²) in [5, 5.41) is 13.5. The molecule has 7 nitrogen and oxygen atoms in total. The predicted molar refractivity (Wildman–Crippen MR) is 110 cm³/mol. The fourth-order valence-electron chi connectivity index (χ4n) is 3.76. The van der Waals surface area contributed by atoms with Gasteiger partial charge in [-0.15, -0.1) is 0 Å². The van der Waals surface area contributed by atoms with Crippen LogP contribution in [-0.4, -0.2) is 78.1 Å². The van der Waals surface area contributed by atoms with Crippen LogP contribution in [0.25, 0.3) is 0 Å². The second-order valence-electron chi connectivity index (χ2n) is 7.41. The van der Waals surface area contributed by atoms with Crippen LogP contribution in [0.1, 0.15) is 6.92 Å². The maximum absolute atomic E-state index is 10.3. The van der Waals surface area contributed by atoms with E-state index in [2.05, 4.69) is 49.0 Å². The maximum Gasteiger partial charge on any atom is 0.167 e. The van der Waals surface area contributed by atoms with Gasteiger partial charge < -0.3 is 25.0 Å². The van der Waals surface area contributed by atoms with Gasteiger partial charge in [-0.25, -0.2) is 4.98 Å². The summed E-state index contributed by atoms with van der Waals surface area (Å²) in [7, 11) is 1.83. The molecule has 3 aliphatic rings. The van der Waals surface area contributed by atoms with Crippen molar-refractivity contribution in [2.75, 3.05) is 50.1 Å². The number of ether oxygens (including phenoxy) is 1. The van der Waals surface area contributed by atoms with E-state index in [-0.39, 0.29) is 0 Å². The monoisotopic (exact) mass is 435 g/mol. The number of rotatable bonds is 4. The van der Waals surface area contributed by atoms with Gasteiger partial charge in [0.2, 0.25) is 0 Å². The number of piperazine rings is 1. The van der Waals surface area contributed by atoms with Crippen LogP contribution in [0.5, 0.6) is 0 Å². The van der Waals surface area contributed by atoms with Crippen molar-refractivity contribution in [1.82, 2.24) is 14.8 Å². The van der Waals surface area contributed by atoms with E-state index in [4.69, 9.17) is 4.74 Å². The predicted octanol–water partition coefficient (Wildman–Crippen LogP) is 1.79. The average molecular weight is 436 g/mol. The van der Waals surface area contributed by atoms with Crippen LogP contribution in [-0.2, 0) is 4.74 Å². The third-order valence-corrected chi connectivity index (χ3v) is 5.87. The number of aromatic nitrogens is 1. The van der Waals surface area contributed by atoms with Crippen LogP contribution in [0, 0.1) is 0 Å². The minimum atomic E-state index is -0.712. The Morgan fingerprint density at radius 3 is 2.74 bits per heavy atom. The molecule has 0 aliphatic carbocycles. The lowest BCUT2D eigenvalue weighted by Gasteiger charge is -2.46. The van der Waals surface area contributed by atoms with Crippen molar-refractivity contribution in [3.8, 4) is 0 Å². The van der Waals surface area contributed by atoms with Gasteiger partial charge in [0.05, 0.1) is 36.8 Å². The van der Waals surface area contributed by atoms with Crippen molar-refractivity contribution in [3.63, 3.8) is 0 Å². The van der Waals surface area contributed by atoms with Crippen LogP contribution < -0.4 is 10.2 Å². The smallest absolute Gasteiger partial charge is 0.167 e. The lowest BCUT2D eigenvalue weighted by atomic mass is 10.1. The van der Waals surface area contributed by atoms with Crippen molar-refractivity contribution >= 4 is 27.4 Å². The highest BCUT2D eigenvalue weighted by Crippen LogP contribution is 2.25. The van der Waals surface area contributed by atoms with Gasteiger partial charge in [-0.2, -0.15) is 0 Å². The molecule has 0 saturated carbocycles. The fourth-order valence-corrected chi connectivity index (χ4v) is 4.33. The number of hydrogen-bond acceptors (Lipinski definition) is 7. The molecule has 4 rings (SSSR count). The summed E-state index contributed by atoms with van der Waals surface area (Å²) in [6, 6.07) is 5.10. The molecule has 2 saturated heterocycles. The molecule has 0 spiro atoms. The van der Waals surface area contributed by atoms with E-state index in [9.17, 15) is 5.11 Å². The van der Waals surface area contributed by atoms with Gasteiger partial charge in [-0.05, 0) is 41.1 Å². The Hall–Kier alpha value is -1.61. The van der Waals surface area contributed by atoms with Gasteiger partial charge in [0.25, 0.3) is 0 Å². The Labute approximate surface area is 168 Å². The largest absolute Gasteiger partial charge is 0.378 e. The topological polar surface area (TPSA) is 64.1 Å². The summed E-state index contributed by atoms with van der Waals surface area (Å²) in [5.74, 6) is 0.720. The Bertz CT molecular complexity index is 734. The molecular formula is C19H26BrN5O2. The van der Waals surface area contributed by atoms with Crippen molar-refractivity contribution in [2.24, 2.45) is 0 Å². The highest BCUT2D eigenvalue weighted by molar-refractivity contribution is 9.11. The summed E-state index contributed by atoms with van der Waals surface area (Å²) < 4.78 is 6.23. The number of halogens is 1. The van der Waals surface area contributed by atoms with Crippen molar-refractivity contribution < 1.29 is 9.84 Å². The highest BCUT2D eigenvalue weighted by Gasteiger charge is 2.32. The number of aliphatic hydroxyl groups excluding tert-OH is 1. The number of allylic oxidation sites excluding steroid dienone is 2. The summed E-state index contributed by atoms with van der Waals surface area (Å²) in [6.45, 7) is 7.12. The molecule has 1 aromatic heterocycles. The van der Waals surface area contributed by atoms with Gasteiger partial charge in [0, 0.05) is 43.4 Å². The van der Waals surface area contributed by atoms with E-state index in [0.717, 1.165) is 48.8 Å². The minimum Gasteiger partial charge on any atom is -0.378 e. The molecule has 2 fully saturated rings. The fraction of sp³-hybridized carbons (Fsp3) is 0.526. The van der Waals surface area contributed by atoms with Crippen molar-refractivity contribution in [1.29, 1.82) is 0 Å². The summed E-state index contributed by atoms with van der Waals surface area (Å²) in [6.07, 6.45) is 4.90. The molecule has 0 radical (unpaired) electrons. The van der Waals surface area contributed by atoms with Crippen LogP contribution >= 0.6 is 15.9 Å². The lowest BCUT2D eigenvalue weighted by Crippen LogP contribution is -2.59. The SMILES string of the molecule is C[C@H]1CN(C2COC2)CCN1c1ccc(NC2=CC(Br)=CN(C)C2O)nc1. The quantitative estimate of drug-likeness (QED) is 0.746. The first kappa shape index (κ1) is 18.7.